The lowest BCUT2D eigenvalue weighted by atomic mass is 9.89. The van der Waals surface area contributed by atoms with Gasteiger partial charge < -0.3 is 9.80 Å². The summed E-state index contributed by atoms with van der Waals surface area (Å²) >= 11 is 5.95. The Morgan fingerprint density at radius 1 is 1.19 bits per heavy atom. The molecule has 0 fully saturated rings. The smallest absolute Gasteiger partial charge is 0.261 e. The van der Waals surface area contributed by atoms with E-state index in [9.17, 15) is 9.18 Å². The maximum absolute atomic E-state index is 13.6. The minimum atomic E-state index is -1.22. The fourth-order valence-electron chi connectivity index (χ4n) is 3.24. The van der Waals surface area contributed by atoms with E-state index in [0.29, 0.717) is 28.8 Å². The van der Waals surface area contributed by atoms with Crippen molar-refractivity contribution < 1.29 is 9.18 Å². The number of guanidine groups is 1. The van der Waals surface area contributed by atoms with Crippen LogP contribution in [0.4, 0.5) is 10.1 Å². The third kappa shape index (κ3) is 3.02. The van der Waals surface area contributed by atoms with E-state index in [4.69, 9.17) is 11.6 Å². The molecule has 136 valence electrons. The molecule has 1 unspecified atom stereocenters. The first-order chi connectivity index (χ1) is 13.0. The fourth-order valence-corrected chi connectivity index (χ4v) is 3.37. The largest absolute Gasteiger partial charge is 0.314 e. The highest BCUT2D eigenvalue weighted by molar-refractivity contribution is 6.30. The lowest BCUT2D eigenvalue weighted by molar-refractivity contribution is -0.123. The van der Waals surface area contributed by atoms with E-state index in [1.165, 1.54) is 17.0 Å². The number of amides is 1. The van der Waals surface area contributed by atoms with Crippen molar-refractivity contribution in [2.24, 2.45) is 9.98 Å². The highest BCUT2D eigenvalue weighted by Gasteiger charge is 2.49. The highest BCUT2D eigenvalue weighted by atomic mass is 35.5. The summed E-state index contributed by atoms with van der Waals surface area (Å²) < 4.78 is 13.5. The van der Waals surface area contributed by atoms with Crippen LogP contribution in [-0.4, -0.2) is 36.6 Å². The van der Waals surface area contributed by atoms with Crippen LogP contribution in [0.3, 0.4) is 0 Å². The molecule has 0 aliphatic carbocycles. The van der Waals surface area contributed by atoms with Crippen LogP contribution in [0.15, 0.2) is 70.8 Å². The number of benzene rings is 2. The summed E-state index contributed by atoms with van der Waals surface area (Å²) in [6.45, 7) is 0.290. The van der Waals surface area contributed by atoms with Gasteiger partial charge in [0.05, 0.1) is 6.54 Å². The van der Waals surface area contributed by atoms with Crippen LogP contribution >= 0.6 is 11.6 Å². The van der Waals surface area contributed by atoms with Crippen molar-refractivity contribution in [1.82, 2.24) is 4.90 Å². The van der Waals surface area contributed by atoms with Gasteiger partial charge in [0.2, 0.25) is 5.96 Å². The van der Waals surface area contributed by atoms with Crippen molar-refractivity contribution in [3.8, 4) is 0 Å². The Balaban J connectivity index is 1.79. The minimum Gasteiger partial charge on any atom is -0.314 e. The number of halogens is 2. The van der Waals surface area contributed by atoms with Gasteiger partial charge in [0.1, 0.15) is 5.82 Å². The van der Waals surface area contributed by atoms with Gasteiger partial charge in [0.15, 0.2) is 5.54 Å². The number of rotatable bonds is 3. The van der Waals surface area contributed by atoms with Crippen LogP contribution in [0.25, 0.3) is 0 Å². The molecule has 2 heterocycles. The molecule has 0 spiro atoms. The Morgan fingerprint density at radius 3 is 2.56 bits per heavy atom. The summed E-state index contributed by atoms with van der Waals surface area (Å²) in [4.78, 5) is 25.8. The zero-order valence-electron chi connectivity index (χ0n) is 14.5. The molecule has 0 saturated carbocycles. The number of carbonyl (C=O) groups excluding carboxylic acids is 1. The van der Waals surface area contributed by atoms with Crippen molar-refractivity contribution in [3.63, 3.8) is 0 Å². The zero-order valence-corrected chi connectivity index (χ0v) is 15.3. The van der Waals surface area contributed by atoms with Crippen molar-refractivity contribution in [2.45, 2.75) is 5.54 Å². The third-order valence-electron chi connectivity index (χ3n) is 4.68. The van der Waals surface area contributed by atoms with Gasteiger partial charge in [-0.15, -0.1) is 0 Å². The van der Waals surface area contributed by atoms with Crippen LogP contribution in [-0.2, 0) is 10.3 Å². The van der Waals surface area contributed by atoms with Gasteiger partial charge in [-0.2, -0.15) is 0 Å². The summed E-state index contributed by atoms with van der Waals surface area (Å²) in [5.41, 5.74) is 0.0823. The Kier molecular flexibility index (Phi) is 4.28. The average Bonchev–Trinajstić information content (AvgIpc) is 3.08. The standard InChI is InChI=1S/C20H16ClFN4O/c1-25(17-9-5-15(21)6-10-17)18(27)20(14-3-7-16(22)8-4-14)13-26-12-2-11-23-19(26)24-20/h2-12H,13H2,1H3. The Bertz CT molecular complexity index is 968. The maximum atomic E-state index is 13.6. The molecule has 27 heavy (non-hydrogen) atoms. The molecule has 2 aliphatic heterocycles. The quantitative estimate of drug-likeness (QED) is 0.814. The predicted molar refractivity (Wildman–Crippen MR) is 105 cm³/mol. The first-order valence-electron chi connectivity index (χ1n) is 8.37. The van der Waals surface area contributed by atoms with E-state index in [2.05, 4.69) is 9.98 Å². The zero-order chi connectivity index (χ0) is 19.0. The molecule has 0 radical (unpaired) electrons. The van der Waals surface area contributed by atoms with E-state index < -0.39 is 5.54 Å². The number of allylic oxidation sites excluding steroid dienone is 1. The molecule has 2 aromatic carbocycles. The fraction of sp³-hybridized carbons (Fsp3) is 0.150. The van der Waals surface area contributed by atoms with Crippen LogP contribution in [0, 0.1) is 5.82 Å². The molecule has 0 N–H and O–H groups in total. The molecule has 5 nitrogen and oxygen atoms in total. The van der Waals surface area contributed by atoms with Crippen LogP contribution in [0.1, 0.15) is 5.56 Å². The van der Waals surface area contributed by atoms with Gasteiger partial charge in [0, 0.05) is 30.2 Å². The molecular weight excluding hydrogens is 367 g/mol. The number of hydrogen-bond acceptors (Lipinski definition) is 4. The molecule has 0 aromatic heterocycles. The van der Waals surface area contributed by atoms with Crippen molar-refractivity contribution in [2.75, 3.05) is 18.5 Å². The van der Waals surface area contributed by atoms with E-state index in [0.717, 1.165) is 0 Å². The van der Waals surface area contributed by atoms with E-state index in [1.54, 1.807) is 55.7 Å². The molecule has 0 bridgehead atoms. The van der Waals surface area contributed by atoms with E-state index >= 15 is 0 Å². The first-order valence-corrected chi connectivity index (χ1v) is 8.74. The molecule has 2 aromatic rings. The van der Waals surface area contributed by atoms with Crippen LogP contribution < -0.4 is 4.90 Å². The second-order valence-corrected chi connectivity index (χ2v) is 6.80. The molecular formula is C20H16ClFN4O. The number of aliphatic imine (C=N–C) groups is 2. The van der Waals surface area contributed by atoms with Gasteiger partial charge in [-0.25, -0.2) is 14.4 Å². The number of likely N-dealkylation sites (N-methyl/N-ethyl adjacent to an activating group) is 1. The lowest BCUT2D eigenvalue weighted by Crippen LogP contribution is -2.47. The molecule has 1 atom stereocenters. The summed E-state index contributed by atoms with van der Waals surface area (Å²) in [7, 11) is 1.69. The average molecular weight is 383 g/mol. The summed E-state index contributed by atoms with van der Waals surface area (Å²) in [6, 6.07) is 12.9. The van der Waals surface area contributed by atoms with Gasteiger partial charge in [-0.3, -0.25) is 4.79 Å². The van der Waals surface area contributed by atoms with Gasteiger partial charge in [-0.05, 0) is 48.0 Å². The number of carbonyl (C=O) groups is 1. The SMILES string of the molecule is CN(C(=O)C1(c2ccc(F)cc2)CN2C=CC=NC2=N1)c1ccc(Cl)cc1. The summed E-state index contributed by atoms with van der Waals surface area (Å²) in [5, 5.41) is 0.588. The lowest BCUT2D eigenvalue weighted by Gasteiger charge is -2.31. The maximum Gasteiger partial charge on any atom is 0.261 e. The minimum absolute atomic E-state index is 0.234. The topological polar surface area (TPSA) is 48.3 Å². The molecule has 0 saturated heterocycles. The predicted octanol–water partition coefficient (Wildman–Crippen LogP) is 3.61. The van der Waals surface area contributed by atoms with Crippen LogP contribution in [0.2, 0.25) is 5.02 Å². The molecule has 4 rings (SSSR count). The first kappa shape index (κ1) is 17.4. The number of nitrogens with zero attached hydrogens (tertiary/aromatic N) is 4. The highest BCUT2D eigenvalue weighted by Crippen LogP contribution is 2.36. The number of fused-ring (bicyclic) bond motifs is 1. The Morgan fingerprint density at radius 2 is 1.89 bits per heavy atom. The van der Waals surface area contributed by atoms with Crippen molar-refractivity contribution in [3.05, 3.63) is 77.2 Å². The van der Waals surface area contributed by atoms with Gasteiger partial charge in [-0.1, -0.05) is 23.7 Å². The van der Waals surface area contributed by atoms with Gasteiger partial charge >= 0.3 is 0 Å². The Labute approximate surface area is 161 Å². The normalized spacial score (nSPS) is 20.4. The summed E-state index contributed by atoms with van der Waals surface area (Å²) in [5.74, 6) is -0.143. The number of hydrogen-bond donors (Lipinski definition) is 0. The second kappa shape index (κ2) is 6.63. The van der Waals surface area contributed by atoms with Crippen molar-refractivity contribution in [1.29, 1.82) is 0 Å². The molecule has 1 amide bonds. The van der Waals surface area contributed by atoms with Gasteiger partial charge in [0.25, 0.3) is 5.91 Å². The molecule has 7 heteroatoms. The third-order valence-corrected chi connectivity index (χ3v) is 4.94. The Hall–Kier alpha value is -2.99. The van der Waals surface area contributed by atoms with Crippen LogP contribution in [0.5, 0.6) is 0 Å². The monoisotopic (exact) mass is 382 g/mol. The number of anilines is 1. The second-order valence-electron chi connectivity index (χ2n) is 6.37. The van der Waals surface area contributed by atoms with E-state index in [1.807, 2.05) is 11.1 Å². The molecule has 2 aliphatic rings. The van der Waals surface area contributed by atoms with Crippen molar-refractivity contribution >= 4 is 35.4 Å². The van der Waals surface area contributed by atoms with E-state index in [-0.39, 0.29) is 11.7 Å². The summed E-state index contributed by atoms with van der Waals surface area (Å²) in [6.07, 6.45) is 5.24.